The van der Waals surface area contributed by atoms with Crippen LogP contribution in [-0.4, -0.2) is 42.5 Å². The normalized spacial score (nSPS) is 39.7. The number of hydrogen-bond acceptors (Lipinski definition) is 3. The number of nitrogens with two attached hydrogens (primary N) is 1. The van der Waals surface area contributed by atoms with Gasteiger partial charge in [-0.25, -0.2) is 0 Å². The molecule has 3 rings (SSSR count). The largest absolute Gasteiger partial charge is 0.352 e. The van der Waals surface area contributed by atoms with Gasteiger partial charge < -0.3 is 11.1 Å². The van der Waals surface area contributed by atoms with Crippen LogP contribution in [0.4, 0.5) is 0 Å². The molecule has 2 aliphatic carbocycles. The van der Waals surface area contributed by atoms with Crippen molar-refractivity contribution in [3.8, 4) is 0 Å². The third-order valence-electron chi connectivity index (χ3n) is 5.50. The number of likely N-dealkylation sites (tertiary alicyclic amines) is 1. The van der Waals surface area contributed by atoms with Crippen LogP contribution in [0.25, 0.3) is 0 Å². The van der Waals surface area contributed by atoms with Gasteiger partial charge in [-0.2, -0.15) is 0 Å². The number of rotatable bonds is 4. The fourth-order valence-corrected chi connectivity index (χ4v) is 4.52. The molecule has 4 heteroatoms. The molecule has 1 saturated heterocycles. The van der Waals surface area contributed by atoms with Crippen molar-refractivity contribution in [2.45, 2.75) is 51.1 Å². The van der Waals surface area contributed by atoms with Gasteiger partial charge in [0.05, 0.1) is 6.54 Å². The van der Waals surface area contributed by atoms with Crippen molar-refractivity contribution < 1.29 is 4.79 Å². The van der Waals surface area contributed by atoms with Gasteiger partial charge in [-0.3, -0.25) is 9.69 Å². The molecule has 2 bridgehead atoms. The van der Waals surface area contributed by atoms with Crippen molar-refractivity contribution in [3.63, 3.8) is 0 Å². The van der Waals surface area contributed by atoms with Gasteiger partial charge in [-0.15, -0.1) is 0 Å². The number of nitrogens with one attached hydrogen (secondary N) is 1. The summed E-state index contributed by atoms with van der Waals surface area (Å²) in [4.78, 5) is 14.3. The number of fused-ring (bicyclic) bond motifs is 2. The molecule has 0 aromatic carbocycles. The SMILES string of the molecule is CC(NC(=O)CN1CC[C@H](N)C1)C1CC2CCC1C2. The molecule has 0 radical (unpaired) electrons. The molecular weight excluding hydrogens is 238 g/mol. The van der Waals surface area contributed by atoms with E-state index < -0.39 is 0 Å². The van der Waals surface area contributed by atoms with Crippen LogP contribution >= 0.6 is 0 Å². The van der Waals surface area contributed by atoms with Crippen molar-refractivity contribution >= 4 is 5.91 Å². The Kier molecular flexibility index (Phi) is 3.81. The van der Waals surface area contributed by atoms with Gasteiger partial charge in [0.1, 0.15) is 0 Å². The van der Waals surface area contributed by atoms with Crippen LogP contribution in [0.3, 0.4) is 0 Å². The fraction of sp³-hybridized carbons (Fsp3) is 0.933. The molecule has 108 valence electrons. The summed E-state index contributed by atoms with van der Waals surface area (Å²) in [6, 6.07) is 0.606. The zero-order valence-corrected chi connectivity index (χ0v) is 12.0. The van der Waals surface area contributed by atoms with Gasteiger partial charge in [-0.1, -0.05) is 6.42 Å². The molecule has 19 heavy (non-hydrogen) atoms. The molecule has 4 unspecified atom stereocenters. The summed E-state index contributed by atoms with van der Waals surface area (Å²) in [7, 11) is 0. The molecule has 1 amide bonds. The smallest absolute Gasteiger partial charge is 0.234 e. The van der Waals surface area contributed by atoms with Crippen LogP contribution in [0.15, 0.2) is 0 Å². The minimum absolute atomic E-state index is 0.185. The Hall–Kier alpha value is -0.610. The number of nitrogens with zero attached hydrogens (tertiary/aromatic N) is 1. The molecule has 2 saturated carbocycles. The minimum atomic E-state index is 0.185. The third-order valence-corrected chi connectivity index (χ3v) is 5.50. The Morgan fingerprint density at radius 1 is 1.37 bits per heavy atom. The zero-order chi connectivity index (χ0) is 13.4. The lowest BCUT2D eigenvalue weighted by atomic mass is 9.84. The molecule has 4 nitrogen and oxygen atoms in total. The van der Waals surface area contributed by atoms with Gasteiger partial charge in [0, 0.05) is 25.2 Å². The van der Waals surface area contributed by atoms with Crippen LogP contribution in [0, 0.1) is 17.8 Å². The monoisotopic (exact) mass is 265 g/mol. The summed E-state index contributed by atoms with van der Waals surface area (Å²) in [6.07, 6.45) is 6.58. The third kappa shape index (κ3) is 2.95. The molecule has 3 N–H and O–H groups in total. The first kappa shape index (κ1) is 13.4. The minimum Gasteiger partial charge on any atom is -0.352 e. The van der Waals surface area contributed by atoms with Gasteiger partial charge >= 0.3 is 0 Å². The lowest BCUT2D eigenvalue weighted by Crippen LogP contribution is -2.44. The molecular formula is C15H27N3O. The summed E-state index contributed by atoms with van der Waals surface area (Å²) in [5.41, 5.74) is 5.87. The fourth-order valence-electron chi connectivity index (χ4n) is 4.52. The first-order chi connectivity index (χ1) is 9.11. The first-order valence-corrected chi connectivity index (χ1v) is 7.89. The number of amides is 1. The summed E-state index contributed by atoms with van der Waals surface area (Å²) in [5.74, 6) is 2.74. The predicted octanol–water partition coefficient (Wildman–Crippen LogP) is 0.960. The van der Waals surface area contributed by atoms with E-state index in [1.807, 2.05) is 0 Å². The van der Waals surface area contributed by atoms with Crippen molar-refractivity contribution in [1.29, 1.82) is 0 Å². The zero-order valence-electron chi connectivity index (χ0n) is 12.0. The molecule has 1 heterocycles. The van der Waals surface area contributed by atoms with Crippen LogP contribution in [-0.2, 0) is 4.79 Å². The highest BCUT2D eigenvalue weighted by molar-refractivity contribution is 5.78. The Bertz CT molecular complexity index is 346. The molecule has 5 atom stereocenters. The average molecular weight is 265 g/mol. The van der Waals surface area contributed by atoms with E-state index in [1.165, 1.54) is 25.7 Å². The van der Waals surface area contributed by atoms with E-state index in [4.69, 9.17) is 5.73 Å². The molecule has 3 fully saturated rings. The van der Waals surface area contributed by atoms with E-state index in [0.717, 1.165) is 37.3 Å². The standard InChI is InChI=1S/C15H27N3O/c1-10(14-7-11-2-3-12(14)6-11)17-15(19)9-18-5-4-13(16)8-18/h10-14H,2-9,16H2,1H3,(H,17,19)/t10?,11?,12?,13-,14?/m0/s1. The maximum Gasteiger partial charge on any atom is 0.234 e. The van der Waals surface area contributed by atoms with Crippen molar-refractivity contribution in [2.24, 2.45) is 23.5 Å². The van der Waals surface area contributed by atoms with Gasteiger partial charge in [0.25, 0.3) is 0 Å². The Labute approximate surface area is 116 Å². The summed E-state index contributed by atoms with van der Waals surface area (Å²) in [6.45, 7) is 4.56. The van der Waals surface area contributed by atoms with Crippen LogP contribution < -0.4 is 11.1 Å². The Morgan fingerprint density at radius 2 is 2.21 bits per heavy atom. The highest BCUT2D eigenvalue weighted by Crippen LogP contribution is 2.49. The maximum absolute atomic E-state index is 12.1. The highest BCUT2D eigenvalue weighted by atomic mass is 16.2. The van der Waals surface area contributed by atoms with Crippen molar-refractivity contribution in [2.75, 3.05) is 19.6 Å². The second kappa shape index (κ2) is 5.41. The van der Waals surface area contributed by atoms with Gasteiger partial charge in [0.2, 0.25) is 5.91 Å². The first-order valence-electron chi connectivity index (χ1n) is 7.89. The van der Waals surface area contributed by atoms with E-state index in [0.29, 0.717) is 12.6 Å². The van der Waals surface area contributed by atoms with Crippen molar-refractivity contribution in [3.05, 3.63) is 0 Å². The Balaban J connectivity index is 1.44. The molecule has 0 spiro atoms. The van der Waals surface area contributed by atoms with Crippen LogP contribution in [0.2, 0.25) is 0 Å². The second-order valence-corrected chi connectivity index (χ2v) is 6.98. The number of carbonyl (C=O) groups excluding carboxylic acids is 1. The Morgan fingerprint density at radius 3 is 2.79 bits per heavy atom. The van der Waals surface area contributed by atoms with E-state index >= 15 is 0 Å². The van der Waals surface area contributed by atoms with Gasteiger partial charge in [0.15, 0.2) is 0 Å². The van der Waals surface area contributed by atoms with Crippen molar-refractivity contribution in [1.82, 2.24) is 10.2 Å². The molecule has 1 aliphatic heterocycles. The lowest BCUT2D eigenvalue weighted by Gasteiger charge is -2.29. The van der Waals surface area contributed by atoms with Gasteiger partial charge in [-0.05, 0) is 50.4 Å². The van der Waals surface area contributed by atoms with Crippen LogP contribution in [0.5, 0.6) is 0 Å². The molecule has 0 aromatic heterocycles. The average Bonchev–Trinajstić information content (AvgIpc) is 3.05. The van der Waals surface area contributed by atoms with E-state index in [2.05, 4.69) is 17.1 Å². The topological polar surface area (TPSA) is 58.4 Å². The maximum atomic E-state index is 12.1. The van der Waals surface area contributed by atoms with E-state index in [-0.39, 0.29) is 11.9 Å². The van der Waals surface area contributed by atoms with E-state index in [1.54, 1.807) is 0 Å². The van der Waals surface area contributed by atoms with Crippen LogP contribution in [0.1, 0.15) is 39.0 Å². The molecule has 0 aromatic rings. The lowest BCUT2D eigenvalue weighted by molar-refractivity contribution is -0.123. The van der Waals surface area contributed by atoms with E-state index in [9.17, 15) is 4.79 Å². The second-order valence-electron chi connectivity index (χ2n) is 6.98. The predicted molar refractivity (Wildman–Crippen MR) is 75.6 cm³/mol. The number of hydrogen-bond donors (Lipinski definition) is 2. The summed E-state index contributed by atoms with van der Waals surface area (Å²) in [5, 5.41) is 3.23. The summed E-state index contributed by atoms with van der Waals surface area (Å²) >= 11 is 0. The highest BCUT2D eigenvalue weighted by Gasteiger charge is 2.42. The summed E-state index contributed by atoms with van der Waals surface area (Å²) < 4.78 is 0. The molecule has 3 aliphatic rings. The quantitative estimate of drug-likeness (QED) is 0.796. The number of carbonyl (C=O) groups is 1.